The quantitative estimate of drug-likeness (QED) is 0.587. The van der Waals surface area contributed by atoms with Crippen LogP contribution in [0.25, 0.3) is 0 Å². The lowest BCUT2D eigenvalue weighted by Gasteiger charge is -2.47. The van der Waals surface area contributed by atoms with Crippen LogP contribution in [0, 0.1) is 5.92 Å². The summed E-state index contributed by atoms with van der Waals surface area (Å²) in [7, 11) is 0. The number of carbonyl (C=O) groups is 1. The SMILES string of the molecule is CC(CCSc1ccccc1)c1cc(O)c2c(c1)OC(C)(C)C1CCC(=O)CC21. The second kappa shape index (κ2) is 8.06. The molecule has 3 unspecified atom stereocenters. The summed E-state index contributed by atoms with van der Waals surface area (Å²) in [5, 5.41) is 10.9. The normalized spacial score (nSPS) is 23.6. The molecule has 1 aliphatic heterocycles. The summed E-state index contributed by atoms with van der Waals surface area (Å²) in [4.78, 5) is 13.4. The number of rotatable bonds is 5. The van der Waals surface area contributed by atoms with E-state index in [1.807, 2.05) is 23.9 Å². The largest absolute Gasteiger partial charge is 0.508 e. The van der Waals surface area contributed by atoms with E-state index in [-0.39, 0.29) is 17.4 Å². The fourth-order valence-electron chi connectivity index (χ4n) is 4.91. The van der Waals surface area contributed by atoms with Gasteiger partial charge in [0, 0.05) is 35.1 Å². The summed E-state index contributed by atoms with van der Waals surface area (Å²) in [6, 6.07) is 14.4. The van der Waals surface area contributed by atoms with Gasteiger partial charge in [0.05, 0.1) is 0 Å². The molecule has 1 aliphatic carbocycles. The number of phenolic OH excluding ortho intramolecular Hbond substituents is 1. The molecule has 0 aromatic heterocycles. The van der Waals surface area contributed by atoms with Crippen molar-refractivity contribution >= 4 is 17.5 Å². The maximum atomic E-state index is 12.1. The van der Waals surface area contributed by atoms with Crippen LogP contribution in [0.2, 0.25) is 0 Å². The summed E-state index contributed by atoms with van der Waals surface area (Å²) < 4.78 is 6.39. The average molecular weight is 411 g/mol. The van der Waals surface area contributed by atoms with E-state index in [2.05, 4.69) is 51.1 Å². The number of carbonyl (C=O) groups excluding carboxylic acids is 1. The van der Waals surface area contributed by atoms with Gasteiger partial charge in [0.15, 0.2) is 0 Å². The Balaban J connectivity index is 1.53. The van der Waals surface area contributed by atoms with Crippen molar-refractivity contribution in [3.63, 3.8) is 0 Å². The molecule has 0 spiro atoms. The summed E-state index contributed by atoms with van der Waals surface area (Å²) in [5.74, 6) is 3.03. The number of fused-ring (bicyclic) bond motifs is 3. The molecule has 1 fully saturated rings. The molecule has 3 nitrogen and oxygen atoms in total. The minimum atomic E-state index is -0.324. The maximum absolute atomic E-state index is 12.1. The molecule has 1 N–H and O–H groups in total. The van der Waals surface area contributed by atoms with Crippen LogP contribution in [-0.4, -0.2) is 22.2 Å². The molecule has 4 rings (SSSR count). The second-order valence-corrected chi connectivity index (χ2v) is 10.2. The third-order valence-corrected chi connectivity index (χ3v) is 7.62. The molecular formula is C25H30O3S. The first-order valence-electron chi connectivity index (χ1n) is 10.6. The molecule has 2 aromatic carbocycles. The maximum Gasteiger partial charge on any atom is 0.133 e. The summed E-state index contributed by atoms with van der Waals surface area (Å²) in [6.45, 7) is 6.44. The smallest absolute Gasteiger partial charge is 0.133 e. The first kappa shape index (κ1) is 20.3. The van der Waals surface area contributed by atoms with Crippen LogP contribution < -0.4 is 4.74 Å². The zero-order chi connectivity index (χ0) is 20.6. The molecule has 2 aromatic rings. The number of thioether (sulfide) groups is 1. The van der Waals surface area contributed by atoms with Gasteiger partial charge in [-0.05, 0) is 68.2 Å². The van der Waals surface area contributed by atoms with Crippen LogP contribution in [0.15, 0.2) is 47.4 Å². The molecule has 4 heteroatoms. The number of ketones is 1. The molecule has 0 radical (unpaired) electrons. The zero-order valence-electron chi connectivity index (χ0n) is 17.5. The average Bonchev–Trinajstić information content (AvgIpc) is 2.67. The van der Waals surface area contributed by atoms with E-state index in [1.54, 1.807) is 0 Å². The number of hydrogen-bond donors (Lipinski definition) is 1. The Bertz CT molecular complexity index is 890. The van der Waals surface area contributed by atoms with Crippen molar-refractivity contribution in [3.05, 3.63) is 53.6 Å². The molecule has 1 saturated carbocycles. The standard InChI is InChI=1S/C25H30O3S/c1-16(11-12-29-19-7-5-4-6-8-19)17-13-22(27)24-20-15-18(26)9-10-21(20)25(2,3)28-23(24)14-17/h4-8,13-14,16,20-21,27H,9-12,15H2,1-3H3. The van der Waals surface area contributed by atoms with Crippen LogP contribution in [0.3, 0.4) is 0 Å². The van der Waals surface area contributed by atoms with Crippen LogP contribution in [0.5, 0.6) is 11.5 Å². The lowest BCUT2D eigenvalue weighted by Crippen LogP contribution is -2.47. The third-order valence-electron chi connectivity index (χ3n) is 6.58. The summed E-state index contributed by atoms with van der Waals surface area (Å²) in [6.07, 6.45) is 2.99. The van der Waals surface area contributed by atoms with Crippen LogP contribution >= 0.6 is 11.8 Å². The van der Waals surface area contributed by atoms with Gasteiger partial charge in [-0.25, -0.2) is 0 Å². The van der Waals surface area contributed by atoms with Gasteiger partial charge in [0.25, 0.3) is 0 Å². The highest BCUT2D eigenvalue weighted by Crippen LogP contribution is 2.54. The van der Waals surface area contributed by atoms with Gasteiger partial charge in [-0.1, -0.05) is 25.1 Å². The van der Waals surface area contributed by atoms with Crippen LogP contribution in [0.4, 0.5) is 0 Å². The Hall–Kier alpha value is -1.94. The van der Waals surface area contributed by atoms with Crippen molar-refractivity contribution < 1.29 is 14.6 Å². The van der Waals surface area contributed by atoms with E-state index >= 15 is 0 Å². The molecule has 0 bridgehead atoms. The number of benzene rings is 2. The van der Waals surface area contributed by atoms with Gasteiger partial charge in [0.2, 0.25) is 0 Å². The predicted molar refractivity (Wildman–Crippen MR) is 118 cm³/mol. The molecule has 2 aliphatic rings. The van der Waals surface area contributed by atoms with Gasteiger partial charge in [0.1, 0.15) is 22.9 Å². The molecule has 0 amide bonds. The molecule has 29 heavy (non-hydrogen) atoms. The van der Waals surface area contributed by atoms with E-state index in [4.69, 9.17) is 4.74 Å². The Morgan fingerprint density at radius 1 is 1.24 bits per heavy atom. The highest BCUT2D eigenvalue weighted by atomic mass is 32.2. The summed E-state index contributed by atoms with van der Waals surface area (Å²) >= 11 is 1.86. The van der Waals surface area contributed by atoms with E-state index in [0.717, 1.165) is 35.5 Å². The monoisotopic (exact) mass is 410 g/mol. The van der Waals surface area contributed by atoms with Crippen molar-refractivity contribution in [3.8, 4) is 11.5 Å². The zero-order valence-corrected chi connectivity index (χ0v) is 18.3. The molecule has 1 heterocycles. The van der Waals surface area contributed by atoms with Crippen molar-refractivity contribution in [2.24, 2.45) is 5.92 Å². The third kappa shape index (κ3) is 4.18. The number of hydrogen-bond acceptors (Lipinski definition) is 4. The topological polar surface area (TPSA) is 46.5 Å². The highest BCUT2D eigenvalue weighted by molar-refractivity contribution is 7.99. The van der Waals surface area contributed by atoms with Crippen LogP contribution in [-0.2, 0) is 4.79 Å². The first-order chi connectivity index (χ1) is 13.8. The van der Waals surface area contributed by atoms with Crippen molar-refractivity contribution in [1.29, 1.82) is 0 Å². The van der Waals surface area contributed by atoms with Crippen molar-refractivity contribution in [2.75, 3.05) is 5.75 Å². The fourth-order valence-corrected chi connectivity index (χ4v) is 5.97. The minimum absolute atomic E-state index is 0.0630. The first-order valence-corrected chi connectivity index (χ1v) is 11.6. The van der Waals surface area contributed by atoms with Gasteiger partial charge < -0.3 is 9.84 Å². The van der Waals surface area contributed by atoms with E-state index in [0.29, 0.717) is 30.3 Å². The molecule has 154 valence electrons. The van der Waals surface area contributed by atoms with Crippen molar-refractivity contribution in [1.82, 2.24) is 0 Å². The minimum Gasteiger partial charge on any atom is -0.508 e. The molecule has 3 atom stereocenters. The predicted octanol–water partition coefficient (Wildman–Crippen LogP) is 6.30. The lowest BCUT2D eigenvalue weighted by molar-refractivity contribution is -0.124. The molecule has 0 saturated heterocycles. The molecular weight excluding hydrogens is 380 g/mol. The Morgan fingerprint density at radius 2 is 2.00 bits per heavy atom. The Kier molecular flexibility index (Phi) is 5.65. The van der Waals surface area contributed by atoms with Gasteiger partial charge in [-0.3, -0.25) is 4.79 Å². The highest BCUT2D eigenvalue weighted by Gasteiger charge is 2.47. The van der Waals surface area contributed by atoms with Crippen LogP contribution in [0.1, 0.15) is 69.4 Å². The van der Waals surface area contributed by atoms with E-state index < -0.39 is 0 Å². The Morgan fingerprint density at radius 3 is 2.76 bits per heavy atom. The van der Waals surface area contributed by atoms with Crippen molar-refractivity contribution in [2.45, 2.75) is 68.8 Å². The Labute approximate surface area is 177 Å². The van der Waals surface area contributed by atoms with Gasteiger partial charge >= 0.3 is 0 Å². The lowest BCUT2D eigenvalue weighted by atomic mass is 9.66. The van der Waals surface area contributed by atoms with Gasteiger partial charge in [-0.15, -0.1) is 11.8 Å². The fraction of sp³-hybridized carbons (Fsp3) is 0.480. The number of phenols is 1. The number of Topliss-reactive ketones (excluding diaryl/α,β-unsaturated/α-hetero) is 1. The number of aromatic hydroxyl groups is 1. The second-order valence-electron chi connectivity index (χ2n) is 9.00. The van der Waals surface area contributed by atoms with Gasteiger partial charge in [-0.2, -0.15) is 0 Å². The van der Waals surface area contributed by atoms with E-state index in [1.165, 1.54) is 4.90 Å². The number of ether oxygens (including phenoxy) is 1. The van der Waals surface area contributed by atoms with E-state index in [9.17, 15) is 9.90 Å². The summed E-state index contributed by atoms with van der Waals surface area (Å²) in [5.41, 5.74) is 1.62.